The van der Waals surface area contributed by atoms with Crippen LogP contribution in [0.1, 0.15) is 36.8 Å². The van der Waals surface area contributed by atoms with Crippen molar-refractivity contribution in [1.29, 1.82) is 0 Å². The van der Waals surface area contributed by atoms with Gasteiger partial charge < -0.3 is 9.80 Å². The van der Waals surface area contributed by atoms with E-state index in [1.807, 2.05) is 12.1 Å². The highest BCUT2D eigenvalue weighted by atomic mass is 32.1. The summed E-state index contributed by atoms with van der Waals surface area (Å²) in [6.07, 6.45) is 3.27. The second-order valence-electron chi connectivity index (χ2n) is 7.52. The Kier molecular flexibility index (Phi) is 5.62. The first-order valence-electron chi connectivity index (χ1n) is 10.1. The van der Waals surface area contributed by atoms with Gasteiger partial charge in [-0.2, -0.15) is 0 Å². The summed E-state index contributed by atoms with van der Waals surface area (Å²) in [6, 6.07) is 16.9. The van der Waals surface area contributed by atoms with Crippen LogP contribution in [0, 0.1) is 0 Å². The van der Waals surface area contributed by atoms with Gasteiger partial charge >= 0.3 is 0 Å². The minimum atomic E-state index is 0.257. The Morgan fingerprint density at radius 1 is 1.18 bits per heavy atom. The van der Waals surface area contributed by atoms with Gasteiger partial charge in [-0.1, -0.05) is 37.3 Å². The minimum Gasteiger partial charge on any atom is -0.372 e. The standard InChI is InChI=1S/C23H27N3OS/c1-3-18-16-25(2)20-11-6-4-9-17(20)15-26(18)23(27)14-8-13-22-24-19-10-5-7-12-21(19)28-22/h4-7,9-12,18H,3,8,13-16H2,1-2H3/t18-/m0/s1. The van der Waals surface area contributed by atoms with Crippen molar-refractivity contribution in [3.63, 3.8) is 0 Å². The number of benzene rings is 2. The first kappa shape index (κ1) is 18.9. The molecule has 146 valence electrons. The lowest BCUT2D eigenvalue weighted by molar-refractivity contribution is -0.134. The Labute approximate surface area is 170 Å². The van der Waals surface area contributed by atoms with Crippen LogP contribution in [0.5, 0.6) is 0 Å². The zero-order valence-electron chi connectivity index (χ0n) is 16.6. The average Bonchev–Trinajstić information content (AvgIpc) is 3.06. The van der Waals surface area contributed by atoms with E-state index in [1.54, 1.807) is 11.3 Å². The van der Waals surface area contributed by atoms with Crippen molar-refractivity contribution in [2.45, 2.75) is 45.2 Å². The molecule has 3 aromatic rings. The smallest absolute Gasteiger partial charge is 0.223 e. The van der Waals surface area contributed by atoms with E-state index in [4.69, 9.17) is 4.98 Å². The summed E-state index contributed by atoms with van der Waals surface area (Å²) in [7, 11) is 2.13. The van der Waals surface area contributed by atoms with Gasteiger partial charge in [0.2, 0.25) is 5.91 Å². The minimum absolute atomic E-state index is 0.257. The van der Waals surface area contributed by atoms with E-state index in [9.17, 15) is 4.79 Å². The first-order chi connectivity index (χ1) is 13.7. The lowest BCUT2D eigenvalue weighted by atomic mass is 10.1. The number of rotatable bonds is 5. The molecular weight excluding hydrogens is 366 g/mol. The molecule has 4 rings (SSSR count). The molecule has 0 unspecified atom stereocenters. The summed E-state index contributed by atoms with van der Waals surface area (Å²) >= 11 is 1.74. The van der Waals surface area contributed by atoms with Crippen molar-refractivity contribution < 1.29 is 4.79 Å². The predicted octanol–water partition coefficient (Wildman–Crippen LogP) is 4.88. The topological polar surface area (TPSA) is 36.4 Å². The number of thiazole rings is 1. The number of aromatic nitrogens is 1. The molecule has 28 heavy (non-hydrogen) atoms. The van der Waals surface area contributed by atoms with Crippen molar-refractivity contribution in [1.82, 2.24) is 9.88 Å². The maximum Gasteiger partial charge on any atom is 0.223 e. The fourth-order valence-electron chi connectivity index (χ4n) is 4.05. The summed E-state index contributed by atoms with van der Waals surface area (Å²) in [5.74, 6) is 0.262. The van der Waals surface area contributed by atoms with Crippen molar-refractivity contribution in [3.05, 3.63) is 59.1 Å². The molecule has 1 aliphatic heterocycles. The third kappa shape index (κ3) is 3.90. The van der Waals surface area contributed by atoms with Gasteiger partial charge in [-0.15, -0.1) is 11.3 Å². The van der Waals surface area contributed by atoms with Gasteiger partial charge in [0, 0.05) is 38.3 Å². The first-order valence-corrected chi connectivity index (χ1v) is 10.9. The van der Waals surface area contributed by atoms with E-state index in [-0.39, 0.29) is 11.9 Å². The predicted molar refractivity (Wildman–Crippen MR) is 117 cm³/mol. The second-order valence-corrected chi connectivity index (χ2v) is 8.64. The Morgan fingerprint density at radius 3 is 2.79 bits per heavy atom. The molecule has 0 fully saturated rings. The zero-order chi connectivity index (χ0) is 19.5. The van der Waals surface area contributed by atoms with Crippen molar-refractivity contribution >= 4 is 33.1 Å². The van der Waals surface area contributed by atoms with Gasteiger partial charge in [-0.25, -0.2) is 4.98 Å². The van der Waals surface area contributed by atoms with Gasteiger partial charge in [-0.05, 0) is 43.0 Å². The molecule has 4 nitrogen and oxygen atoms in total. The maximum absolute atomic E-state index is 13.1. The molecule has 1 amide bonds. The number of hydrogen-bond donors (Lipinski definition) is 0. The number of aryl methyl sites for hydroxylation is 1. The fourth-order valence-corrected chi connectivity index (χ4v) is 5.05. The number of para-hydroxylation sites is 2. The maximum atomic E-state index is 13.1. The number of anilines is 1. The number of likely N-dealkylation sites (N-methyl/N-ethyl adjacent to an activating group) is 1. The molecule has 2 heterocycles. The number of carbonyl (C=O) groups excluding carboxylic acids is 1. The second kappa shape index (κ2) is 8.31. The molecule has 0 radical (unpaired) electrons. The van der Waals surface area contributed by atoms with Crippen LogP contribution in [-0.4, -0.2) is 35.4 Å². The number of hydrogen-bond acceptors (Lipinski definition) is 4. The Balaban J connectivity index is 1.42. The molecule has 0 bridgehead atoms. The summed E-state index contributed by atoms with van der Waals surface area (Å²) in [6.45, 7) is 3.77. The van der Waals surface area contributed by atoms with Gasteiger partial charge in [-0.3, -0.25) is 4.79 Å². The summed E-state index contributed by atoms with van der Waals surface area (Å²) in [4.78, 5) is 22.2. The van der Waals surface area contributed by atoms with Crippen LogP contribution in [0.15, 0.2) is 48.5 Å². The SMILES string of the molecule is CC[C@H]1CN(C)c2ccccc2CN1C(=O)CCCc1nc2ccccc2s1. The van der Waals surface area contributed by atoms with Crippen molar-refractivity contribution in [2.75, 3.05) is 18.5 Å². The number of carbonyl (C=O) groups is 1. The van der Waals surface area contributed by atoms with Crippen LogP contribution >= 0.6 is 11.3 Å². The largest absolute Gasteiger partial charge is 0.372 e. The molecule has 0 N–H and O–H groups in total. The quantitative estimate of drug-likeness (QED) is 0.620. The molecule has 0 saturated carbocycles. The Morgan fingerprint density at radius 2 is 1.96 bits per heavy atom. The third-order valence-corrected chi connectivity index (χ3v) is 6.68. The average molecular weight is 394 g/mol. The van der Waals surface area contributed by atoms with Gasteiger partial charge in [0.1, 0.15) is 0 Å². The molecule has 0 aliphatic carbocycles. The summed E-state index contributed by atoms with van der Waals surface area (Å²) in [5, 5.41) is 1.13. The third-order valence-electron chi connectivity index (χ3n) is 5.58. The van der Waals surface area contributed by atoms with E-state index in [1.165, 1.54) is 16.0 Å². The van der Waals surface area contributed by atoms with Crippen LogP contribution < -0.4 is 4.90 Å². The van der Waals surface area contributed by atoms with E-state index < -0.39 is 0 Å². The highest BCUT2D eigenvalue weighted by Gasteiger charge is 2.28. The van der Waals surface area contributed by atoms with E-state index in [0.29, 0.717) is 13.0 Å². The highest BCUT2D eigenvalue weighted by Crippen LogP contribution is 2.28. The van der Waals surface area contributed by atoms with Crippen LogP contribution in [0.3, 0.4) is 0 Å². The summed E-state index contributed by atoms with van der Waals surface area (Å²) in [5.41, 5.74) is 3.54. The Bertz CT molecular complexity index is 934. The van der Waals surface area contributed by atoms with Crippen LogP contribution in [0.2, 0.25) is 0 Å². The Hall–Kier alpha value is -2.40. The zero-order valence-corrected chi connectivity index (χ0v) is 17.4. The van der Waals surface area contributed by atoms with Crippen LogP contribution in [0.25, 0.3) is 10.2 Å². The molecule has 1 aromatic heterocycles. The van der Waals surface area contributed by atoms with Gasteiger partial charge in [0.05, 0.1) is 15.2 Å². The van der Waals surface area contributed by atoms with Crippen LogP contribution in [0.4, 0.5) is 5.69 Å². The van der Waals surface area contributed by atoms with Gasteiger partial charge in [0.15, 0.2) is 0 Å². The van der Waals surface area contributed by atoms with Crippen molar-refractivity contribution in [3.8, 4) is 0 Å². The van der Waals surface area contributed by atoms with Gasteiger partial charge in [0.25, 0.3) is 0 Å². The van der Waals surface area contributed by atoms with Crippen molar-refractivity contribution in [2.24, 2.45) is 0 Å². The molecule has 1 atom stereocenters. The molecule has 0 saturated heterocycles. The lowest BCUT2D eigenvalue weighted by Crippen LogP contribution is -2.43. The number of fused-ring (bicyclic) bond motifs is 2. The number of nitrogens with zero attached hydrogens (tertiary/aromatic N) is 3. The fraction of sp³-hybridized carbons (Fsp3) is 0.391. The lowest BCUT2D eigenvalue weighted by Gasteiger charge is -2.30. The van der Waals surface area contributed by atoms with E-state index in [0.717, 1.165) is 36.3 Å². The summed E-state index contributed by atoms with van der Waals surface area (Å²) < 4.78 is 1.22. The molecule has 0 spiro atoms. The highest BCUT2D eigenvalue weighted by molar-refractivity contribution is 7.18. The number of amides is 1. The van der Waals surface area contributed by atoms with E-state index in [2.05, 4.69) is 60.2 Å². The molecular formula is C23H27N3OS. The van der Waals surface area contributed by atoms with Crippen LogP contribution in [-0.2, 0) is 17.8 Å². The normalized spacial score (nSPS) is 16.9. The molecule has 2 aromatic carbocycles. The molecule has 1 aliphatic rings. The molecule has 5 heteroatoms. The monoisotopic (exact) mass is 393 g/mol. The van der Waals surface area contributed by atoms with E-state index >= 15 is 0 Å².